The SMILES string of the molecule is CCCCCCCCCCCCOC(=O)N(O)Cc1ccc(O)c(OC)c1. The number of carbonyl (C=O) groups is 1. The van der Waals surface area contributed by atoms with Crippen molar-refractivity contribution in [3.05, 3.63) is 23.8 Å². The number of hydroxylamine groups is 2. The Kier molecular flexibility index (Phi) is 12.1. The summed E-state index contributed by atoms with van der Waals surface area (Å²) in [5.74, 6) is 0.300. The van der Waals surface area contributed by atoms with Gasteiger partial charge in [-0.25, -0.2) is 4.79 Å². The molecule has 1 rings (SSSR count). The molecule has 0 bridgehead atoms. The maximum atomic E-state index is 11.8. The van der Waals surface area contributed by atoms with Gasteiger partial charge >= 0.3 is 6.09 Å². The summed E-state index contributed by atoms with van der Waals surface area (Å²) in [7, 11) is 1.44. The Hall–Kier alpha value is -1.95. The van der Waals surface area contributed by atoms with Gasteiger partial charge in [-0.15, -0.1) is 0 Å². The summed E-state index contributed by atoms with van der Waals surface area (Å²) in [4.78, 5) is 11.8. The summed E-state index contributed by atoms with van der Waals surface area (Å²) < 4.78 is 10.1. The topological polar surface area (TPSA) is 79.2 Å². The van der Waals surface area contributed by atoms with Crippen molar-refractivity contribution in [2.75, 3.05) is 13.7 Å². The number of methoxy groups -OCH3 is 1. The molecule has 0 aliphatic heterocycles. The number of ether oxygens (including phenoxy) is 2. The van der Waals surface area contributed by atoms with Gasteiger partial charge in [0, 0.05) is 0 Å². The zero-order chi connectivity index (χ0) is 19.9. The second-order valence-electron chi connectivity index (χ2n) is 6.86. The predicted octanol–water partition coefficient (Wildman–Crippen LogP) is 5.65. The van der Waals surface area contributed by atoms with Crippen molar-refractivity contribution in [3.8, 4) is 11.5 Å². The molecule has 0 aliphatic carbocycles. The number of rotatable bonds is 14. The first-order valence-corrected chi connectivity index (χ1v) is 10.1. The number of phenols is 1. The molecule has 0 radical (unpaired) electrons. The summed E-state index contributed by atoms with van der Waals surface area (Å²) in [5, 5.41) is 19.9. The molecule has 1 aromatic rings. The molecule has 2 N–H and O–H groups in total. The third-order valence-corrected chi connectivity index (χ3v) is 4.51. The normalized spacial score (nSPS) is 10.6. The number of carbonyl (C=O) groups excluding carboxylic acids is 1. The van der Waals surface area contributed by atoms with Crippen LogP contribution in [0.5, 0.6) is 11.5 Å². The number of benzene rings is 1. The molecule has 0 unspecified atom stereocenters. The van der Waals surface area contributed by atoms with E-state index in [0.717, 1.165) is 19.3 Å². The van der Waals surface area contributed by atoms with E-state index in [1.807, 2.05) is 0 Å². The molecule has 0 saturated carbocycles. The first-order valence-electron chi connectivity index (χ1n) is 10.1. The molecular weight excluding hydrogens is 346 g/mol. The van der Waals surface area contributed by atoms with Gasteiger partial charge in [-0.1, -0.05) is 70.8 Å². The lowest BCUT2D eigenvalue weighted by Gasteiger charge is -2.15. The average Bonchev–Trinajstić information content (AvgIpc) is 2.67. The van der Waals surface area contributed by atoms with E-state index in [4.69, 9.17) is 9.47 Å². The van der Waals surface area contributed by atoms with Gasteiger partial charge < -0.3 is 14.6 Å². The maximum absolute atomic E-state index is 11.8. The highest BCUT2D eigenvalue weighted by atomic mass is 16.6. The molecule has 1 aromatic carbocycles. The van der Waals surface area contributed by atoms with Crippen LogP contribution in [-0.2, 0) is 11.3 Å². The lowest BCUT2D eigenvalue weighted by Crippen LogP contribution is -2.28. The monoisotopic (exact) mass is 381 g/mol. The minimum Gasteiger partial charge on any atom is -0.504 e. The van der Waals surface area contributed by atoms with E-state index in [2.05, 4.69) is 6.92 Å². The zero-order valence-corrected chi connectivity index (χ0v) is 16.8. The first kappa shape index (κ1) is 23.1. The van der Waals surface area contributed by atoms with Gasteiger partial charge in [-0.2, -0.15) is 5.06 Å². The van der Waals surface area contributed by atoms with Crippen LogP contribution < -0.4 is 4.74 Å². The number of hydrogen-bond donors (Lipinski definition) is 2. The smallest absolute Gasteiger partial charge is 0.434 e. The van der Waals surface area contributed by atoms with Crippen molar-refractivity contribution in [3.63, 3.8) is 0 Å². The van der Waals surface area contributed by atoms with E-state index in [0.29, 0.717) is 23.0 Å². The molecule has 0 aliphatic rings. The fourth-order valence-electron chi connectivity index (χ4n) is 2.88. The number of amides is 1. The van der Waals surface area contributed by atoms with Gasteiger partial charge in [0.1, 0.15) is 0 Å². The molecule has 27 heavy (non-hydrogen) atoms. The van der Waals surface area contributed by atoms with Gasteiger partial charge in [0.25, 0.3) is 0 Å². The van der Waals surface area contributed by atoms with Crippen LogP contribution in [0.3, 0.4) is 0 Å². The zero-order valence-electron chi connectivity index (χ0n) is 16.8. The third kappa shape index (κ3) is 10.1. The Bertz CT molecular complexity index is 535. The van der Waals surface area contributed by atoms with Crippen molar-refractivity contribution in [2.45, 2.75) is 77.7 Å². The van der Waals surface area contributed by atoms with Gasteiger partial charge in [0.15, 0.2) is 11.5 Å². The van der Waals surface area contributed by atoms with Crippen LogP contribution in [-0.4, -0.2) is 35.2 Å². The molecule has 0 heterocycles. The molecule has 154 valence electrons. The van der Waals surface area contributed by atoms with Crippen LogP contribution in [0.15, 0.2) is 18.2 Å². The Morgan fingerprint density at radius 2 is 1.59 bits per heavy atom. The van der Waals surface area contributed by atoms with Crippen molar-refractivity contribution in [1.29, 1.82) is 0 Å². The maximum Gasteiger partial charge on any atom is 0.434 e. The van der Waals surface area contributed by atoms with Crippen LogP contribution in [0, 0.1) is 0 Å². The van der Waals surface area contributed by atoms with Crippen LogP contribution in [0.4, 0.5) is 4.79 Å². The molecule has 0 aromatic heterocycles. The van der Waals surface area contributed by atoms with Crippen molar-refractivity contribution < 1.29 is 24.6 Å². The Morgan fingerprint density at radius 3 is 2.19 bits per heavy atom. The van der Waals surface area contributed by atoms with Crippen molar-refractivity contribution in [1.82, 2.24) is 5.06 Å². The number of unbranched alkanes of at least 4 members (excludes halogenated alkanes) is 9. The minimum absolute atomic E-state index is 0.00859. The second-order valence-corrected chi connectivity index (χ2v) is 6.86. The van der Waals surface area contributed by atoms with E-state index in [-0.39, 0.29) is 12.3 Å². The lowest BCUT2D eigenvalue weighted by molar-refractivity contribution is -0.0812. The predicted molar refractivity (Wildman–Crippen MR) is 105 cm³/mol. The number of hydrogen-bond acceptors (Lipinski definition) is 5. The van der Waals surface area contributed by atoms with Gasteiger partial charge in [-0.05, 0) is 24.1 Å². The highest BCUT2D eigenvalue weighted by Gasteiger charge is 2.14. The van der Waals surface area contributed by atoms with E-state index >= 15 is 0 Å². The van der Waals surface area contributed by atoms with Crippen LogP contribution in [0.1, 0.15) is 76.7 Å². The fraction of sp³-hybridized carbons (Fsp3) is 0.667. The highest BCUT2D eigenvalue weighted by molar-refractivity contribution is 5.66. The minimum atomic E-state index is -0.766. The largest absolute Gasteiger partial charge is 0.504 e. The van der Waals surface area contributed by atoms with E-state index < -0.39 is 6.09 Å². The first-order chi connectivity index (χ1) is 13.1. The number of nitrogens with zero attached hydrogens (tertiary/aromatic N) is 1. The van der Waals surface area contributed by atoms with Gasteiger partial charge in [0.2, 0.25) is 0 Å². The van der Waals surface area contributed by atoms with E-state index in [1.165, 1.54) is 58.1 Å². The van der Waals surface area contributed by atoms with Crippen molar-refractivity contribution in [2.24, 2.45) is 0 Å². The van der Waals surface area contributed by atoms with Crippen LogP contribution in [0.2, 0.25) is 0 Å². The summed E-state index contributed by atoms with van der Waals surface area (Å²) in [6.45, 7) is 2.51. The van der Waals surface area contributed by atoms with Crippen LogP contribution >= 0.6 is 0 Å². The summed E-state index contributed by atoms with van der Waals surface area (Å²) in [5.41, 5.74) is 0.628. The third-order valence-electron chi connectivity index (χ3n) is 4.51. The summed E-state index contributed by atoms with van der Waals surface area (Å²) in [6.07, 6.45) is 11.4. The van der Waals surface area contributed by atoms with Gasteiger partial charge in [-0.3, -0.25) is 5.21 Å². The standard InChI is InChI=1S/C21H35NO5/c1-3-4-5-6-7-8-9-10-11-12-15-27-21(24)22(25)17-18-13-14-19(23)20(16-18)26-2/h13-14,16,23,25H,3-12,15,17H2,1-2H3. The number of aromatic hydroxyl groups is 1. The highest BCUT2D eigenvalue weighted by Crippen LogP contribution is 2.26. The molecule has 6 nitrogen and oxygen atoms in total. The molecular formula is C21H35NO5. The average molecular weight is 382 g/mol. The molecule has 0 saturated heterocycles. The second kappa shape index (κ2) is 14.2. The number of phenolic OH excluding ortho intramolecular Hbond substituents is 1. The van der Waals surface area contributed by atoms with Crippen molar-refractivity contribution >= 4 is 6.09 Å². The Labute approximate surface area is 163 Å². The molecule has 0 spiro atoms. The quantitative estimate of drug-likeness (QED) is 0.247. The fourth-order valence-corrected chi connectivity index (χ4v) is 2.88. The summed E-state index contributed by atoms with van der Waals surface area (Å²) in [6, 6.07) is 4.63. The van der Waals surface area contributed by atoms with Gasteiger partial charge in [0.05, 0.1) is 20.3 Å². The summed E-state index contributed by atoms with van der Waals surface area (Å²) >= 11 is 0. The van der Waals surface area contributed by atoms with E-state index in [1.54, 1.807) is 12.1 Å². The molecule has 1 amide bonds. The molecule has 6 heteroatoms. The molecule has 0 fully saturated rings. The van der Waals surface area contributed by atoms with E-state index in [9.17, 15) is 15.1 Å². The Morgan fingerprint density at radius 1 is 1.00 bits per heavy atom. The Balaban J connectivity index is 2.09. The molecule has 0 atom stereocenters. The van der Waals surface area contributed by atoms with Crippen LogP contribution in [0.25, 0.3) is 0 Å². The lowest BCUT2D eigenvalue weighted by atomic mass is 10.1.